The first-order chi connectivity index (χ1) is 19.6. The first-order valence-corrected chi connectivity index (χ1v) is 14.6. The quantitative estimate of drug-likeness (QED) is 0.516. The number of benzene rings is 2. The van der Waals surface area contributed by atoms with Gasteiger partial charge in [0.1, 0.15) is 5.67 Å². The fourth-order valence-corrected chi connectivity index (χ4v) is 7.56. The second-order valence-corrected chi connectivity index (χ2v) is 12.4. The first-order valence-electron chi connectivity index (χ1n) is 14.6. The van der Waals surface area contributed by atoms with E-state index in [0.717, 1.165) is 18.4 Å². The van der Waals surface area contributed by atoms with Crippen molar-refractivity contribution in [3.8, 4) is 0 Å². The van der Waals surface area contributed by atoms with Crippen LogP contribution in [0.5, 0.6) is 0 Å². The van der Waals surface area contributed by atoms with Crippen LogP contribution < -0.4 is 9.80 Å². The summed E-state index contributed by atoms with van der Waals surface area (Å²) < 4.78 is 22.8. The minimum absolute atomic E-state index is 0.0140. The van der Waals surface area contributed by atoms with Gasteiger partial charge in [0, 0.05) is 42.6 Å². The minimum Gasteiger partial charge on any atom is -0.394 e. The molecule has 41 heavy (non-hydrogen) atoms. The molecule has 3 amide bonds. The maximum atomic E-state index is 16.0. The van der Waals surface area contributed by atoms with E-state index in [-0.39, 0.29) is 36.8 Å². The Morgan fingerprint density at radius 2 is 1.90 bits per heavy atom. The third-order valence-corrected chi connectivity index (χ3v) is 9.57. The van der Waals surface area contributed by atoms with Crippen LogP contribution in [-0.4, -0.2) is 65.2 Å². The van der Waals surface area contributed by atoms with Crippen LogP contribution in [0.4, 0.5) is 15.8 Å². The Bertz CT molecular complexity index is 1360. The minimum atomic E-state index is -1.74. The number of hydrogen-bond acceptors (Lipinski definition) is 5. The standard InChI is InChI=1S/C32H38FN3O5/c1-20-29(31(2,3)33)26(17-28(39)34-14-7-10-23(34)19-37)41-32(20)24-16-22(35-15-13-27(35)38)11-12-25(24)36(30(32)40)18-21-8-5-4-6-9-21/h4-6,8-9,11-12,16,20,23,26,29,37H,7,10,13-15,17-19H2,1-3H3/t20-,23-,26+,29-,32+/m0/s1. The van der Waals surface area contributed by atoms with Gasteiger partial charge in [0.15, 0.2) is 5.60 Å². The molecule has 3 saturated heterocycles. The van der Waals surface area contributed by atoms with E-state index >= 15 is 4.39 Å². The molecule has 1 N–H and O–H groups in total. The molecule has 0 bridgehead atoms. The van der Waals surface area contributed by atoms with Gasteiger partial charge in [-0.15, -0.1) is 0 Å². The Hall–Kier alpha value is -3.30. The molecule has 0 unspecified atom stereocenters. The fourth-order valence-electron chi connectivity index (χ4n) is 7.56. The van der Waals surface area contributed by atoms with Crippen LogP contribution in [-0.2, 0) is 31.3 Å². The third-order valence-electron chi connectivity index (χ3n) is 9.57. The number of halogens is 1. The molecule has 6 rings (SSSR count). The molecule has 1 spiro atoms. The number of nitrogens with zero attached hydrogens (tertiary/aromatic N) is 3. The Balaban J connectivity index is 1.42. The Kier molecular flexibility index (Phi) is 6.93. The molecule has 4 heterocycles. The van der Waals surface area contributed by atoms with E-state index < -0.39 is 29.2 Å². The second-order valence-electron chi connectivity index (χ2n) is 12.4. The summed E-state index contributed by atoms with van der Waals surface area (Å²) in [5, 5.41) is 9.78. The molecule has 3 fully saturated rings. The van der Waals surface area contributed by atoms with Gasteiger partial charge in [-0.25, -0.2) is 4.39 Å². The van der Waals surface area contributed by atoms with Crippen LogP contribution in [0.25, 0.3) is 0 Å². The summed E-state index contributed by atoms with van der Waals surface area (Å²) in [7, 11) is 0. The summed E-state index contributed by atoms with van der Waals surface area (Å²) in [6.45, 7) is 6.15. The van der Waals surface area contributed by atoms with E-state index in [2.05, 4.69) is 0 Å². The van der Waals surface area contributed by atoms with Crippen molar-refractivity contribution in [2.75, 3.05) is 29.5 Å². The molecular weight excluding hydrogens is 525 g/mol. The molecule has 5 atom stereocenters. The van der Waals surface area contributed by atoms with Gasteiger partial charge in [-0.05, 0) is 50.5 Å². The van der Waals surface area contributed by atoms with Gasteiger partial charge in [-0.2, -0.15) is 0 Å². The van der Waals surface area contributed by atoms with Gasteiger partial charge in [-0.3, -0.25) is 14.4 Å². The molecule has 9 heteroatoms. The molecule has 8 nitrogen and oxygen atoms in total. The number of rotatable bonds is 7. The maximum absolute atomic E-state index is 16.0. The fraction of sp³-hybridized carbons (Fsp3) is 0.531. The lowest BCUT2D eigenvalue weighted by Gasteiger charge is -2.34. The molecule has 0 aliphatic carbocycles. The van der Waals surface area contributed by atoms with Crippen LogP contribution in [0.3, 0.4) is 0 Å². The molecular formula is C32H38FN3O5. The molecule has 0 aromatic heterocycles. The Labute approximate surface area is 240 Å². The van der Waals surface area contributed by atoms with Crippen molar-refractivity contribution in [2.45, 2.75) is 76.4 Å². The molecule has 4 aliphatic heterocycles. The van der Waals surface area contributed by atoms with Crippen LogP contribution in [0, 0.1) is 11.8 Å². The average Bonchev–Trinajstić information content (AvgIpc) is 3.59. The largest absolute Gasteiger partial charge is 0.394 e. The third kappa shape index (κ3) is 4.45. The molecule has 218 valence electrons. The number of aliphatic hydroxyl groups is 1. The van der Waals surface area contributed by atoms with Gasteiger partial charge in [-0.1, -0.05) is 37.3 Å². The predicted octanol–water partition coefficient (Wildman–Crippen LogP) is 3.94. The molecule has 0 radical (unpaired) electrons. The van der Waals surface area contributed by atoms with Gasteiger partial charge in [0.25, 0.3) is 5.91 Å². The molecule has 2 aromatic carbocycles. The zero-order valence-electron chi connectivity index (χ0n) is 23.9. The number of aliphatic hydroxyl groups excluding tert-OH is 1. The highest BCUT2D eigenvalue weighted by Crippen LogP contribution is 2.59. The number of anilines is 2. The van der Waals surface area contributed by atoms with Crippen LogP contribution >= 0.6 is 0 Å². The van der Waals surface area contributed by atoms with E-state index in [0.29, 0.717) is 43.0 Å². The number of amides is 3. The lowest BCUT2D eigenvalue weighted by atomic mass is 9.71. The Morgan fingerprint density at radius 1 is 1.15 bits per heavy atom. The lowest BCUT2D eigenvalue weighted by Crippen LogP contribution is -2.46. The van der Waals surface area contributed by atoms with E-state index in [1.165, 1.54) is 13.8 Å². The number of fused-ring (bicyclic) bond motifs is 2. The van der Waals surface area contributed by atoms with Crippen molar-refractivity contribution < 1.29 is 28.6 Å². The molecule has 0 saturated carbocycles. The van der Waals surface area contributed by atoms with E-state index in [1.807, 2.05) is 55.5 Å². The van der Waals surface area contributed by atoms with Crippen LogP contribution in [0.2, 0.25) is 0 Å². The smallest absolute Gasteiger partial charge is 0.264 e. The van der Waals surface area contributed by atoms with Gasteiger partial charge in [0.2, 0.25) is 11.8 Å². The molecule has 4 aliphatic rings. The summed E-state index contributed by atoms with van der Waals surface area (Å²) in [6.07, 6.45) is 1.08. The van der Waals surface area contributed by atoms with Gasteiger partial charge < -0.3 is 24.5 Å². The number of carbonyl (C=O) groups excluding carboxylic acids is 3. The number of hydrogen-bond donors (Lipinski definition) is 1. The normalized spacial score (nSPS) is 29.4. The van der Waals surface area contributed by atoms with E-state index in [1.54, 1.807) is 14.7 Å². The maximum Gasteiger partial charge on any atom is 0.264 e. The SMILES string of the molecule is C[C@H]1[C@H](C(C)(C)F)[C@@H](CC(=O)N2CCC[C@H]2CO)O[C@]12C(=O)N(Cc1ccccc1)c1ccc(N3CCC3=O)cc12. The summed E-state index contributed by atoms with van der Waals surface area (Å²) in [5.74, 6) is -1.81. The van der Waals surface area contributed by atoms with Crippen molar-refractivity contribution in [2.24, 2.45) is 11.8 Å². The van der Waals surface area contributed by atoms with Crippen LogP contribution in [0.1, 0.15) is 57.6 Å². The highest BCUT2D eigenvalue weighted by atomic mass is 19.1. The van der Waals surface area contributed by atoms with Gasteiger partial charge >= 0.3 is 0 Å². The molecule has 2 aromatic rings. The van der Waals surface area contributed by atoms with Crippen LogP contribution in [0.15, 0.2) is 48.5 Å². The van der Waals surface area contributed by atoms with Crippen molar-refractivity contribution in [1.82, 2.24) is 4.90 Å². The highest BCUT2D eigenvalue weighted by Gasteiger charge is 2.66. The van der Waals surface area contributed by atoms with Crippen molar-refractivity contribution in [3.63, 3.8) is 0 Å². The predicted molar refractivity (Wildman–Crippen MR) is 152 cm³/mol. The number of ether oxygens (including phenoxy) is 1. The number of carbonyl (C=O) groups is 3. The second kappa shape index (κ2) is 10.2. The van der Waals surface area contributed by atoms with Crippen molar-refractivity contribution in [1.29, 1.82) is 0 Å². The lowest BCUT2D eigenvalue weighted by molar-refractivity contribution is -0.150. The highest BCUT2D eigenvalue weighted by molar-refractivity contribution is 6.09. The summed E-state index contributed by atoms with van der Waals surface area (Å²) in [6, 6.07) is 15.0. The Morgan fingerprint density at radius 3 is 2.54 bits per heavy atom. The summed E-state index contributed by atoms with van der Waals surface area (Å²) in [4.78, 5) is 45.4. The summed E-state index contributed by atoms with van der Waals surface area (Å²) in [5.41, 5.74) is -0.341. The first kappa shape index (κ1) is 27.8. The zero-order valence-corrected chi connectivity index (χ0v) is 23.9. The number of likely N-dealkylation sites (tertiary alicyclic amines) is 1. The average molecular weight is 564 g/mol. The topological polar surface area (TPSA) is 90.4 Å². The monoisotopic (exact) mass is 563 g/mol. The van der Waals surface area contributed by atoms with E-state index in [4.69, 9.17) is 4.74 Å². The van der Waals surface area contributed by atoms with Gasteiger partial charge in [0.05, 0.1) is 37.4 Å². The van der Waals surface area contributed by atoms with E-state index in [9.17, 15) is 19.5 Å². The summed E-state index contributed by atoms with van der Waals surface area (Å²) >= 11 is 0. The van der Waals surface area contributed by atoms with Crippen molar-refractivity contribution in [3.05, 3.63) is 59.7 Å². The van der Waals surface area contributed by atoms with Crippen molar-refractivity contribution >= 4 is 29.1 Å². The zero-order chi connectivity index (χ0) is 29.1. The number of β-lactam (4-membered cyclic amide) rings is 1. The number of alkyl halides is 1.